The molecular weight excluding hydrogens is 531 g/mol. The second kappa shape index (κ2) is 13.2. The van der Waals surface area contributed by atoms with E-state index in [1.165, 1.54) is 11.9 Å². The fourth-order valence-electron chi connectivity index (χ4n) is 4.46. The largest absolute Gasteiger partial charge is 0.369 e. The molecule has 3 atom stereocenters. The Hall–Kier alpha value is -2.92. The van der Waals surface area contributed by atoms with E-state index in [2.05, 4.69) is 10.6 Å². The fourth-order valence-corrected chi connectivity index (χ4v) is 6.50. The topological polar surface area (TPSA) is 179 Å². The van der Waals surface area contributed by atoms with E-state index in [0.29, 0.717) is 36.6 Å². The molecule has 0 aliphatic carbocycles. The lowest BCUT2D eigenvalue weighted by Gasteiger charge is -2.37. The van der Waals surface area contributed by atoms with Gasteiger partial charge in [-0.3, -0.25) is 23.7 Å². The summed E-state index contributed by atoms with van der Waals surface area (Å²) in [6, 6.07) is 12.4. The Morgan fingerprint density at radius 2 is 1.84 bits per heavy atom. The molecule has 2 aromatic rings. The van der Waals surface area contributed by atoms with E-state index in [0.717, 1.165) is 10.8 Å². The van der Waals surface area contributed by atoms with Crippen LogP contribution < -0.4 is 16.4 Å². The molecular formula is C25H33N4O7PS. The maximum Gasteiger partial charge on any atom is 0.335 e. The normalized spacial score (nSPS) is 17.4. The summed E-state index contributed by atoms with van der Waals surface area (Å²) in [7, 11) is -3.02. The Balaban J connectivity index is 1.74. The molecule has 1 saturated heterocycles. The highest BCUT2D eigenvalue weighted by atomic mass is 32.2. The zero-order valence-corrected chi connectivity index (χ0v) is 22.7. The highest BCUT2D eigenvalue weighted by Gasteiger charge is 2.37. The SMILES string of the molecule is CNC(=O)CC(SCP(=O)(O)O)C(=O)N1CCCCC1C(=O)NCC(C(N)=O)c1ccc2ccccc2c1. The summed E-state index contributed by atoms with van der Waals surface area (Å²) in [5, 5.41) is 6.05. The number of nitrogens with two attached hydrogens (primary N) is 1. The molecule has 38 heavy (non-hydrogen) atoms. The Bertz CT molecular complexity index is 1240. The van der Waals surface area contributed by atoms with Crippen LogP contribution in [0.15, 0.2) is 42.5 Å². The van der Waals surface area contributed by atoms with Gasteiger partial charge in [0, 0.05) is 26.6 Å². The molecule has 3 unspecified atom stereocenters. The molecule has 0 aromatic heterocycles. The van der Waals surface area contributed by atoms with Gasteiger partial charge in [-0.15, -0.1) is 11.8 Å². The highest BCUT2D eigenvalue weighted by Crippen LogP contribution is 2.41. The van der Waals surface area contributed by atoms with Crippen molar-refractivity contribution in [1.82, 2.24) is 15.5 Å². The van der Waals surface area contributed by atoms with Crippen LogP contribution in [0.1, 0.15) is 37.2 Å². The number of primary amides is 1. The van der Waals surface area contributed by atoms with Crippen LogP contribution in [0.3, 0.4) is 0 Å². The summed E-state index contributed by atoms with van der Waals surface area (Å²) < 4.78 is 11.4. The van der Waals surface area contributed by atoms with Gasteiger partial charge in [0.05, 0.1) is 16.7 Å². The number of carbonyl (C=O) groups is 4. The number of fused-ring (bicyclic) bond motifs is 1. The van der Waals surface area contributed by atoms with Crippen molar-refractivity contribution in [3.8, 4) is 0 Å². The van der Waals surface area contributed by atoms with Crippen molar-refractivity contribution in [2.75, 3.05) is 25.6 Å². The molecule has 0 bridgehead atoms. The van der Waals surface area contributed by atoms with Crippen LogP contribution in [-0.4, -0.2) is 75.2 Å². The van der Waals surface area contributed by atoms with E-state index in [1.807, 2.05) is 36.4 Å². The second-order valence-corrected chi connectivity index (χ2v) is 12.4. The van der Waals surface area contributed by atoms with E-state index in [4.69, 9.17) is 5.73 Å². The number of nitrogens with one attached hydrogen (secondary N) is 2. The number of likely N-dealkylation sites (tertiary alicyclic amines) is 1. The number of thioether (sulfide) groups is 1. The molecule has 1 aliphatic heterocycles. The average molecular weight is 565 g/mol. The summed E-state index contributed by atoms with van der Waals surface area (Å²) in [6.07, 6.45) is 1.44. The number of amides is 4. The van der Waals surface area contributed by atoms with Gasteiger partial charge in [-0.2, -0.15) is 0 Å². The third-order valence-electron chi connectivity index (χ3n) is 6.46. The minimum atomic E-state index is -4.42. The van der Waals surface area contributed by atoms with Crippen molar-refractivity contribution >= 4 is 53.8 Å². The number of rotatable bonds is 11. The predicted octanol–water partition coefficient (Wildman–Crippen LogP) is 1.28. The molecule has 2 aromatic carbocycles. The van der Waals surface area contributed by atoms with E-state index in [-0.39, 0.29) is 19.5 Å². The minimum Gasteiger partial charge on any atom is -0.369 e. The van der Waals surface area contributed by atoms with Gasteiger partial charge in [-0.1, -0.05) is 42.5 Å². The molecule has 1 aliphatic rings. The Kier molecular flexibility index (Phi) is 10.3. The number of hydrogen-bond acceptors (Lipinski definition) is 6. The van der Waals surface area contributed by atoms with Crippen molar-refractivity contribution in [2.45, 2.75) is 42.9 Å². The molecule has 1 fully saturated rings. The maximum absolute atomic E-state index is 13.4. The first kappa shape index (κ1) is 29.6. The maximum atomic E-state index is 13.4. The molecule has 6 N–H and O–H groups in total. The monoisotopic (exact) mass is 564 g/mol. The molecule has 0 spiro atoms. The van der Waals surface area contributed by atoms with Crippen LogP contribution in [-0.2, 0) is 23.7 Å². The summed E-state index contributed by atoms with van der Waals surface area (Å²) in [6.45, 7) is 0.210. The van der Waals surface area contributed by atoms with Crippen LogP contribution in [0.25, 0.3) is 10.8 Å². The Morgan fingerprint density at radius 3 is 2.50 bits per heavy atom. The van der Waals surface area contributed by atoms with Crippen LogP contribution in [0.2, 0.25) is 0 Å². The smallest absolute Gasteiger partial charge is 0.335 e. The number of hydrogen-bond donors (Lipinski definition) is 5. The first-order chi connectivity index (χ1) is 18.0. The highest BCUT2D eigenvalue weighted by molar-refractivity contribution is 8.05. The predicted molar refractivity (Wildman–Crippen MR) is 145 cm³/mol. The van der Waals surface area contributed by atoms with E-state index >= 15 is 0 Å². The standard InChI is InChI=1S/C25H33N4O7PS/c1-27-22(30)13-21(38-15-37(34,35)36)25(33)29-11-5-4-8-20(29)24(32)28-14-19(23(26)31)18-10-9-16-6-2-3-7-17(16)12-18/h2-3,6-7,9-10,12,19-21H,4-5,8,11,13-15H2,1H3,(H2,26,31)(H,27,30)(H,28,32)(H2,34,35,36). The second-order valence-electron chi connectivity index (χ2n) is 9.18. The van der Waals surface area contributed by atoms with E-state index < -0.39 is 53.9 Å². The van der Waals surface area contributed by atoms with Crippen LogP contribution in [0.4, 0.5) is 0 Å². The average Bonchev–Trinajstić information content (AvgIpc) is 2.89. The minimum absolute atomic E-state index is 0.0559. The summed E-state index contributed by atoms with van der Waals surface area (Å²) in [4.78, 5) is 70.8. The number of benzene rings is 2. The lowest BCUT2D eigenvalue weighted by Crippen LogP contribution is -2.55. The first-order valence-corrected chi connectivity index (χ1v) is 15.1. The van der Waals surface area contributed by atoms with Gasteiger partial charge >= 0.3 is 7.60 Å². The summed E-state index contributed by atoms with van der Waals surface area (Å²) >= 11 is 0.700. The molecule has 0 saturated carbocycles. The quantitative estimate of drug-likeness (QED) is 0.253. The van der Waals surface area contributed by atoms with Crippen LogP contribution in [0.5, 0.6) is 0 Å². The van der Waals surface area contributed by atoms with Gasteiger partial charge in [-0.05, 0) is 35.6 Å². The van der Waals surface area contributed by atoms with Crippen LogP contribution in [0, 0.1) is 0 Å². The van der Waals surface area contributed by atoms with Gasteiger partial charge in [0.25, 0.3) is 0 Å². The van der Waals surface area contributed by atoms with Gasteiger partial charge in [-0.25, -0.2) is 0 Å². The Morgan fingerprint density at radius 1 is 1.13 bits per heavy atom. The summed E-state index contributed by atoms with van der Waals surface area (Å²) in [5.74, 6) is -2.83. The van der Waals surface area contributed by atoms with Gasteiger partial charge in [0.2, 0.25) is 23.6 Å². The molecule has 3 rings (SSSR count). The third-order valence-corrected chi connectivity index (χ3v) is 9.17. The fraction of sp³-hybridized carbons (Fsp3) is 0.440. The number of carbonyl (C=O) groups excluding carboxylic acids is 4. The van der Waals surface area contributed by atoms with Crippen molar-refractivity contribution in [3.05, 3.63) is 48.0 Å². The van der Waals surface area contributed by atoms with Gasteiger partial charge < -0.3 is 31.1 Å². The van der Waals surface area contributed by atoms with Crippen LogP contribution >= 0.6 is 19.4 Å². The summed E-state index contributed by atoms with van der Waals surface area (Å²) in [5.41, 5.74) is 5.69. The first-order valence-electron chi connectivity index (χ1n) is 12.2. The molecule has 1 heterocycles. The third kappa shape index (κ3) is 8.04. The lowest BCUT2D eigenvalue weighted by molar-refractivity contribution is -0.142. The van der Waals surface area contributed by atoms with E-state index in [1.54, 1.807) is 6.07 Å². The molecule has 13 heteroatoms. The van der Waals surface area contributed by atoms with E-state index in [9.17, 15) is 33.5 Å². The molecule has 4 amide bonds. The molecule has 0 radical (unpaired) electrons. The Labute approximate surface area is 225 Å². The van der Waals surface area contributed by atoms with Gasteiger partial charge in [0.15, 0.2) is 0 Å². The lowest BCUT2D eigenvalue weighted by atomic mass is 9.95. The van der Waals surface area contributed by atoms with Crippen molar-refractivity contribution < 1.29 is 33.5 Å². The number of piperidine rings is 1. The van der Waals surface area contributed by atoms with Crippen molar-refractivity contribution in [1.29, 1.82) is 0 Å². The van der Waals surface area contributed by atoms with Gasteiger partial charge in [0.1, 0.15) is 6.04 Å². The zero-order chi connectivity index (χ0) is 27.9. The van der Waals surface area contributed by atoms with Crippen molar-refractivity contribution in [3.63, 3.8) is 0 Å². The number of nitrogens with zero attached hydrogens (tertiary/aromatic N) is 1. The molecule has 206 valence electrons. The molecule has 11 nitrogen and oxygen atoms in total. The van der Waals surface area contributed by atoms with Crippen molar-refractivity contribution in [2.24, 2.45) is 5.73 Å². The zero-order valence-electron chi connectivity index (χ0n) is 21.0.